The van der Waals surface area contributed by atoms with Crippen molar-refractivity contribution in [2.75, 3.05) is 7.11 Å². The van der Waals surface area contributed by atoms with Gasteiger partial charge in [-0.3, -0.25) is 4.79 Å². The molecule has 0 N–H and O–H groups in total. The van der Waals surface area contributed by atoms with E-state index < -0.39 is 0 Å². The first kappa shape index (κ1) is 15.6. The summed E-state index contributed by atoms with van der Waals surface area (Å²) in [6.45, 7) is 4.98. The number of rotatable bonds is 4. The maximum Gasteiger partial charge on any atom is 0.307 e. The minimum atomic E-state index is -0.171. The molecule has 0 atom stereocenters. The van der Waals surface area contributed by atoms with Crippen molar-refractivity contribution in [1.82, 2.24) is 4.57 Å². The number of aromatic nitrogens is 1. The van der Waals surface area contributed by atoms with Crippen LogP contribution in [0.2, 0.25) is 0 Å². The first-order valence-corrected chi connectivity index (χ1v) is 8.19. The number of carbonyl (C=O) groups is 1. The minimum absolute atomic E-state index is 0.171. The molecule has 0 aliphatic heterocycles. The monoisotopic (exact) mass is 309 g/mol. The third-order valence-electron chi connectivity index (χ3n) is 4.49. The molecule has 3 nitrogen and oxygen atoms in total. The van der Waals surface area contributed by atoms with Gasteiger partial charge in [0.15, 0.2) is 0 Å². The van der Waals surface area contributed by atoms with Crippen LogP contribution in [0.3, 0.4) is 0 Å². The van der Waals surface area contributed by atoms with E-state index in [1.54, 1.807) is 0 Å². The maximum absolute atomic E-state index is 11.6. The number of nitrogens with zero attached hydrogens (tertiary/aromatic N) is 1. The van der Waals surface area contributed by atoms with Crippen LogP contribution in [-0.2, 0) is 22.5 Å². The van der Waals surface area contributed by atoms with E-state index >= 15 is 0 Å². The summed E-state index contributed by atoms with van der Waals surface area (Å²) in [6.07, 6.45) is 9.05. The Kier molecular flexibility index (Phi) is 4.37. The molecular formula is C20H23NO2. The summed E-state index contributed by atoms with van der Waals surface area (Å²) in [5, 5.41) is 1.27. The smallest absolute Gasteiger partial charge is 0.307 e. The van der Waals surface area contributed by atoms with Crippen LogP contribution in [0.5, 0.6) is 0 Å². The summed E-state index contributed by atoms with van der Waals surface area (Å²) in [5.41, 5.74) is 6.34. The Morgan fingerprint density at radius 2 is 2.17 bits per heavy atom. The number of methoxy groups -OCH3 is 1. The molecule has 1 aromatic carbocycles. The Labute approximate surface area is 137 Å². The predicted octanol–water partition coefficient (Wildman–Crippen LogP) is 4.59. The topological polar surface area (TPSA) is 31.2 Å². The van der Waals surface area contributed by atoms with Gasteiger partial charge in [0, 0.05) is 28.7 Å². The molecule has 23 heavy (non-hydrogen) atoms. The molecule has 0 fully saturated rings. The quantitative estimate of drug-likeness (QED) is 0.774. The zero-order chi connectivity index (χ0) is 16.4. The summed E-state index contributed by atoms with van der Waals surface area (Å²) >= 11 is 0. The molecule has 0 saturated carbocycles. The number of allylic oxidation sites excluding steroid dienone is 2. The van der Waals surface area contributed by atoms with E-state index in [0.717, 1.165) is 12.8 Å². The zero-order valence-corrected chi connectivity index (χ0v) is 14.1. The zero-order valence-electron chi connectivity index (χ0n) is 14.1. The molecule has 1 aliphatic carbocycles. The maximum atomic E-state index is 11.6. The van der Waals surface area contributed by atoms with Crippen LogP contribution in [0.4, 0.5) is 0 Å². The van der Waals surface area contributed by atoms with Crippen LogP contribution in [0.15, 0.2) is 29.8 Å². The highest BCUT2D eigenvalue weighted by Crippen LogP contribution is 2.33. The van der Waals surface area contributed by atoms with Gasteiger partial charge in [0.05, 0.1) is 13.5 Å². The summed E-state index contributed by atoms with van der Waals surface area (Å²) in [7, 11) is 1.44. The number of ether oxygens (including phenoxy) is 1. The molecule has 0 unspecified atom stereocenters. The number of carbonyl (C=O) groups excluding carboxylic acids is 1. The van der Waals surface area contributed by atoms with Gasteiger partial charge < -0.3 is 9.30 Å². The molecule has 0 radical (unpaired) electrons. The number of esters is 1. The molecule has 3 rings (SSSR count). The van der Waals surface area contributed by atoms with Crippen molar-refractivity contribution in [3.8, 4) is 0 Å². The Bertz CT molecular complexity index is 809. The summed E-state index contributed by atoms with van der Waals surface area (Å²) in [6, 6.07) is 6.64. The van der Waals surface area contributed by atoms with Gasteiger partial charge in [0.2, 0.25) is 0 Å². The highest BCUT2D eigenvalue weighted by molar-refractivity contribution is 5.95. The highest BCUT2D eigenvalue weighted by atomic mass is 16.5. The lowest BCUT2D eigenvalue weighted by atomic mass is 10.0. The SMILES string of the molecule is CCc1ccc2c(c1)c1c(n2CCC(=O)OC)C=CCC(C)=C1. The van der Waals surface area contributed by atoms with Gasteiger partial charge in [-0.25, -0.2) is 0 Å². The van der Waals surface area contributed by atoms with Crippen molar-refractivity contribution < 1.29 is 9.53 Å². The van der Waals surface area contributed by atoms with E-state index in [-0.39, 0.29) is 5.97 Å². The van der Waals surface area contributed by atoms with Crippen molar-refractivity contribution in [2.24, 2.45) is 0 Å². The molecule has 0 saturated heterocycles. The fourth-order valence-electron chi connectivity index (χ4n) is 3.21. The van der Waals surface area contributed by atoms with Gasteiger partial charge in [-0.2, -0.15) is 0 Å². The first-order valence-electron chi connectivity index (χ1n) is 8.19. The molecule has 1 heterocycles. The lowest BCUT2D eigenvalue weighted by Gasteiger charge is -2.08. The molecule has 0 amide bonds. The standard InChI is InChI=1S/C20H23NO2/c1-4-15-8-9-19-17(13-15)16-12-14(2)6-5-7-18(16)21(19)11-10-20(22)23-3/h5,7-9,12-13H,4,6,10-11H2,1-3H3. The molecule has 0 bridgehead atoms. The van der Waals surface area contributed by atoms with Crippen LogP contribution in [-0.4, -0.2) is 17.6 Å². The van der Waals surface area contributed by atoms with Crippen LogP contribution in [0, 0.1) is 0 Å². The Morgan fingerprint density at radius 3 is 2.91 bits per heavy atom. The lowest BCUT2D eigenvalue weighted by Crippen LogP contribution is -2.08. The number of fused-ring (bicyclic) bond motifs is 3. The molecule has 0 spiro atoms. The van der Waals surface area contributed by atoms with E-state index in [0.29, 0.717) is 13.0 Å². The summed E-state index contributed by atoms with van der Waals surface area (Å²) in [5.74, 6) is -0.171. The number of aryl methyl sites for hydroxylation is 2. The molecule has 3 heteroatoms. The second-order valence-corrected chi connectivity index (χ2v) is 6.08. The third kappa shape index (κ3) is 2.96. The molecule has 120 valence electrons. The van der Waals surface area contributed by atoms with Gasteiger partial charge in [-0.05, 0) is 43.5 Å². The second kappa shape index (κ2) is 6.45. The largest absolute Gasteiger partial charge is 0.469 e. The minimum Gasteiger partial charge on any atom is -0.469 e. The van der Waals surface area contributed by atoms with Crippen LogP contribution < -0.4 is 0 Å². The molecular weight excluding hydrogens is 286 g/mol. The average molecular weight is 309 g/mol. The van der Waals surface area contributed by atoms with E-state index in [1.807, 2.05) is 0 Å². The van der Waals surface area contributed by atoms with Crippen molar-refractivity contribution in [1.29, 1.82) is 0 Å². The van der Waals surface area contributed by atoms with Gasteiger partial charge >= 0.3 is 5.97 Å². The van der Waals surface area contributed by atoms with Crippen molar-refractivity contribution >= 4 is 29.0 Å². The van der Waals surface area contributed by atoms with Crippen molar-refractivity contribution in [3.05, 3.63) is 46.7 Å². The Hall–Kier alpha value is -2.29. The van der Waals surface area contributed by atoms with Crippen LogP contribution in [0.25, 0.3) is 23.1 Å². The van der Waals surface area contributed by atoms with E-state index in [9.17, 15) is 4.79 Å². The Morgan fingerprint density at radius 1 is 1.35 bits per heavy atom. The fourth-order valence-corrected chi connectivity index (χ4v) is 3.21. The fraction of sp³-hybridized carbons (Fsp3) is 0.350. The van der Waals surface area contributed by atoms with Crippen LogP contribution >= 0.6 is 0 Å². The van der Waals surface area contributed by atoms with E-state index in [1.165, 1.54) is 40.4 Å². The van der Waals surface area contributed by atoms with E-state index in [2.05, 4.69) is 54.8 Å². The lowest BCUT2D eigenvalue weighted by molar-refractivity contribution is -0.140. The number of benzene rings is 1. The normalized spacial score (nSPS) is 13.6. The third-order valence-corrected chi connectivity index (χ3v) is 4.49. The second-order valence-electron chi connectivity index (χ2n) is 6.08. The average Bonchev–Trinajstić information content (AvgIpc) is 2.71. The highest BCUT2D eigenvalue weighted by Gasteiger charge is 2.16. The number of hydrogen-bond donors (Lipinski definition) is 0. The van der Waals surface area contributed by atoms with Gasteiger partial charge in [-0.15, -0.1) is 0 Å². The van der Waals surface area contributed by atoms with Gasteiger partial charge in [0.1, 0.15) is 0 Å². The summed E-state index contributed by atoms with van der Waals surface area (Å²) in [4.78, 5) is 11.6. The number of hydrogen-bond acceptors (Lipinski definition) is 2. The van der Waals surface area contributed by atoms with Crippen LogP contribution in [0.1, 0.15) is 43.5 Å². The predicted molar refractivity (Wildman–Crippen MR) is 95.3 cm³/mol. The molecule has 2 aromatic rings. The first-order chi connectivity index (χ1) is 11.1. The van der Waals surface area contributed by atoms with Gasteiger partial charge in [0.25, 0.3) is 0 Å². The van der Waals surface area contributed by atoms with Gasteiger partial charge in [-0.1, -0.05) is 30.7 Å². The molecule has 1 aromatic heterocycles. The van der Waals surface area contributed by atoms with Crippen molar-refractivity contribution in [3.63, 3.8) is 0 Å². The Balaban J connectivity index is 2.18. The summed E-state index contributed by atoms with van der Waals surface area (Å²) < 4.78 is 7.04. The van der Waals surface area contributed by atoms with Crippen molar-refractivity contribution in [2.45, 2.75) is 39.7 Å². The van der Waals surface area contributed by atoms with E-state index in [4.69, 9.17) is 4.74 Å². The molecule has 1 aliphatic rings.